The summed E-state index contributed by atoms with van der Waals surface area (Å²) in [5.41, 5.74) is 6.85. The SMILES string of the molecule is C[C@@H](CO)n1cnc2c(N)ncnc21. The third-order valence-corrected chi connectivity index (χ3v) is 2.13. The highest BCUT2D eigenvalue weighted by Crippen LogP contribution is 2.17. The molecule has 0 aliphatic carbocycles. The predicted molar refractivity (Wildman–Crippen MR) is 51.5 cm³/mol. The molecule has 6 heteroatoms. The van der Waals surface area contributed by atoms with Crippen molar-refractivity contribution in [3.63, 3.8) is 0 Å². The highest BCUT2D eigenvalue weighted by molar-refractivity contribution is 5.81. The van der Waals surface area contributed by atoms with Crippen LogP contribution in [0.5, 0.6) is 0 Å². The van der Waals surface area contributed by atoms with Gasteiger partial charge in [-0.1, -0.05) is 0 Å². The fraction of sp³-hybridized carbons (Fsp3) is 0.375. The number of fused-ring (bicyclic) bond motifs is 1. The Morgan fingerprint density at radius 1 is 1.50 bits per heavy atom. The number of hydrogen-bond acceptors (Lipinski definition) is 5. The van der Waals surface area contributed by atoms with E-state index in [9.17, 15) is 0 Å². The zero-order valence-electron chi connectivity index (χ0n) is 7.75. The van der Waals surface area contributed by atoms with Crippen LogP contribution < -0.4 is 5.73 Å². The van der Waals surface area contributed by atoms with Gasteiger partial charge < -0.3 is 15.4 Å². The van der Waals surface area contributed by atoms with Crippen LogP contribution >= 0.6 is 0 Å². The lowest BCUT2D eigenvalue weighted by Gasteiger charge is -2.09. The molecule has 0 aromatic carbocycles. The van der Waals surface area contributed by atoms with E-state index in [1.165, 1.54) is 6.33 Å². The molecule has 0 amide bonds. The number of imidazole rings is 1. The van der Waals surface area contributed by atoms with Gasteiger partial charge in [-0.15, -0.1) is 0 Å². The zero-order valence-corrected chi connectivity index (χ0v) is 7.75. The van der Waals surface area contributed by atoms with Crippen molar-refractivity contribution in [3.8, 4) is 0 Å². The predicted octanol–water partition coefficient (Wildman–Crippen LogP) is -0.0382. The summed E-state index contributed by atoms with van der Waals surface area (Å²) in [4.78, 5) is 12.0. The van der Waals surface area contributed by atoms with Gasteiger partial charge in [0.2, 0.25) is 0 Å². The average molecular weight is 193 g/mol. The standard InChI is InChI=1S/C8H11N5O/c1-5(2-14)13-4-12-6-7(9)10-3-11-8(6)13/h3-5,14H,2H2,1H3,(H2,9,10,11)/t5-/m0/s1. The van der Waals surface area contributed by atoms with E-state index in [1.54, 1.807) is 10.9 Å². The second-order valence-electron chi connectivity index (χ2n) is 3.11. The monoisotopic (exact) mass is 193 g/mol. The Labute approximate surface area is 80.4 Å². The van der Waals surface area contributed by atoms with Gasteiger partial charge in [-0.25, -0.2) is 15.0 Å². The molecule has 2 rings (SSSR count). The number of aliphatic hydroxyl groups excluding tert-OH is 1. The fourth-order valence-corrected chi connectivity index (χ4v) is 1.28. The van der Waals surface area contributed by atoms with E-state index in [0.717, 1.165) is 0 Å². The van der Waals surface area contributed by atoms with Gasteiger partial charge in [0.05, 0.1) is 19.0 Å². The van der Waals surface area contributed by atoms with Crippen LogP contribution in [0.1, 0.15) is 13.0 Å². The van der Waals surface area contributed by atoms with Gasteiger partial charge in [-0.2, -0.15) is 0 Å². The summed E-state index contributed by atoms with van der Waals surface area (Å²) >= 11 is 0. The van der Waals surface area contributed by atoms with Gasteiger partial charge in [0.15, 0.2) is 11.5 Å². The number of nitrogen functional groups attached to an aromatic ring is 1. The van der Waals surface area contributed by atoms with Crippen LogP contribution in [0.4, 0.5) is 5.82 Å². The molecule has 2 aromatic rings. The minimum atomic E-state index is -0.0608. The van der Waals surface area contributed by atoms with Crippen LogP contribution in [-0.4, -0.2) is 31.2 Å². The molecule has 0 aliphatic heterocycles. The van der Waals surface area contributed by atoms with Crippen molar-refractivity contribution in [1.29, 1.82) is 0 Å². The summed E-state index contributed by atoms with van der Waals surface area (Å²) in [6.07, 6.45) is 3.00. The number of aliphatic hydroxyl groups is 1. The smallest absolute Gasteiger partial charge is 0.165 e. The first kappa shape index (κ1) is 8.89. The average Bonchev–Trinajstić information content (AvgIpc) is 2.62. The second kappa shape index (κ2) is 3.22. The lowest BCUT2D eigenvalue weighted by Crippen LogP contribution is -2.08. The Morgan fingerprint density at radius 3 is 3.00 bits per heavy atom. The summed E-state index contributed by atoms with van der Waals surface area (Å²) < 4.78 is 1.77. The Balaban J connectivity index is 2.63. The molecule has 0 spiro atoms. The normalized spacial score (nSPS) is 13.3. The van der Waals surface area contributed by atoms with Gasteiger partial charge in [-0.05, 0) is 6.92 Å². The quantitative estimate of drug-likeness (QED) is 0.698. The van der Waals surface area contributed by atoms with E-state index in [1.807, 2.05) is 6.92 Å². The van der Waals surface area contributed by atoms with Crippen LogP contribution in [0.25, 0.3) is 11.2 Å². The number of rotatable bonds is 2. The van der Waals surface area contributed by atoms with E-state index in [2.05, 4.69) is 15.0 Å². The first-order chi connectivity index (χ1) is 6.74. The highest BCUT2D eigenvalue weighted by atomic mass is 16.3. The van der Waals surface area contributed by atoms with E-state index >= 15 is 0 Å². The molecule has 6 nitrogen and oxygen atoms in total. The molecule has 2 aromatic heterocycles. The largest absolute Gasteiger partial charge is 0.394 e. The van der Waals surface area contributed by atoms with Gasteiger partial charge in [0.25, 0.3) is 0 Å². The minimum absolute atomic E-state index is 0.0371. The topological polar surface area (TPSA) is 89.8 Å². The Morgan fingerprint density at radius 2 is 2.29 bits per heavy atom. The summed E-state index contributed by atoms with van der Waals surface area (Å²) in [6.45, 7) is 1.91. The molecule has 14 heavy (non-hydrogen) atoms. The Bertz CT molecular complexity index is 452. The van der Waals surface area contributed by atoms with Crippen LogP contribution in [0.15, 0.2) is 12.7 Å². The lowest BCUT2D eigenvalue weighted by atomic mass is 10.3. The molecule has 0 saturated heterocycles. The number of anilines is 1. The molecular formula is C8H11N5O. The molecule has 0 fully saturated rings. The van der Waals surface area contributed by atoms with Gasteiger partial charge in [-0.3, -0.25) is 0 Å². The van der Waals surface area contributed by atoms with Crippen molar-refractivity contribution >= 4 is 17.0 Å². The number of nitrogens with two attached hydrogens (primary N) is 1. The second-order valence-corrected chi connectivity index (χ2v) is 3.11. The molecular weight excluding hydrogens is 182 g/mol. The van der Waals surface area contributed by atoms with Crippen molar-refractivity contribution in [3.05, 3.63) is 12.7 Å². The molecule has 0 saturated carbocycles. The molecule has 3 N–H and O–H groups in total. The van der Waals surface area contributed by atoms with Crippen molar-refractivity contribution in [2.45, 2.75) is 13.0 Å². The number of hydrogen-bond donors (Lipinski definition) is 2. The summed E-state index contributed by atoms with van der Waals surface area (Å²) in [5.74, 6) is 0.360. The molecule has 74 valence electrons. The number of nitrogens with zero attached hydrogens (tertiary/aromatic N) is 4. The molecule has 0 radical (unpaired) electrons. The lowest BCUT2D eigenvalue weighted by molar-refractivity contribution is 0.241. The van der Waals surface area contributed by atoms with Gasteiger partial charge in [0.1, 0.15) is 11.8 Å². The van der Waals surface area contributed by atoms with E-state index in [4.69, 9.17) is 10.8 Å². The summed E-state index contributed by atoms with van der Waals surface area (Å²) in [6, 6.07) is -0.0608. The number of aromatic nitrogens is 4. The van der Waals surface area contributed by atoms with E-state index in [-0.39, 0.29) is 12.6 Å². The minimum Gasteiger partial charge on any atom is -0.394 e. The third-order valence-electron chi connectivity index (χ3n) is 2.13. The highest BCUT2D eigenvalue weighted by Gasteiger charge is 2.11. The molecule has 1 atom stereocenters. The summed E-state index contributed by atoms with van der Waals surface area (Å²) in [5, 5.41) is 9.01. The Hall–Kier alpha value is -1.69. The van der Waals surface area contributed by atoms with Crippen molar-refractivity contribution in [1.82, 2.24) is 19.5 Å². The fourth-order valence-electron chi connectivity index (χ4n) is 1.28. The maximum atomic E-state index is 9.01. The maximum Gasteiger partial charge on any atom is 0.165 e. The van der Waals surface area contributed by atoms with Crippen LogP contribution in [0.2, 0.25) is 0 Å². The van der Waals surface area contributed by atoms with E-state index < -0.39 is 0 Å². The van der Waals surface area contributed by atoms with Crippen LogP contribution in [0.3, 0.4) is 0 Å². The van der Waals surface area contributed by atoms with Crippen LogP contribution in [0, 0.1) is 0 Å². The molecule has 0 aliphatic rings. The zero-order chi connectivity index (χ0) is 10.1. The van der Waals surface area contributed by atoms with E-state index in [0.29, 0.717) is 17.0 Å². The summed E-state index contributed by atoms with van der Waals surface area (Å²) in [7, 11) is 0. The van der Waals surface area contributed by atoms with Gasteiger partial charge in [0, 0.05) is 0 Å². The van der Waals surface area contributed by atoms with Crippen molar-refractivity contribution < 1.29 is 5.11 Å². The van der Waals surface area contributed by atoms with Crippen molar-refractivity contribution in [2.75, 3.05) is 12.3 Å². The van der Waals surface area contributed by atoms with Gasteiger partial charge >= 0.3 is 0 Å². The van der Waals surface area contributed by atoms with Crippen LogP contribution in [-0.2, 0) is 0 Å². The molecule has 0 unspecified atom stereocenters. The Kier molecular flexibility index (Phi) is 2.05. The van der Waals surface area contributed by atoms with Crippen molar-refractivity contribution in [2.24, 2.45) is 0 Å². The third kappa shape index (κ3) is 1.20. The first-order valence-corrected chi connectivity index (χ1v) is 4.28. The maximum absolute atomic E-state index is 9.01. The molecule has 2 heterocycles. The molecule has 0 bridgehead atoms. The first-order valence-electron chi connectivity index (χ1n) is 4.28.